The van der Waals surface area contributed by atoms with Gasteiger partial charge in [-0.1, -0.05) is 53.2 Å². The number of urea groups is 1. The maximum absolute atomic E-state index is 14.3. The Labute approximate surface area is 255 Å². The highest BCUT2D eigenvalue weighted by Crippen LogP contribution is 2.37. The van der Waals surface area contributed by atoms with Crippen LogP contribution in [0.25, 0.3) is 0 Å². The van der Waals surface area contributed by atoms with Gasteiger partial charge in [-0.15, -0.1) is 0 Å². The number of rotatable bonds is 8. The van der Waals surface area contributed by atoms with Crippen LogP contribution in [0.2, 0.25) is 10.0 Å². The number of aromatic nitrogens is 1. The second kappa shape index (κ2) is 13.3. The lowest BCUT2D eigenvalue weighted by molar-refractivity contribution is 0.205. The third kappa shape index (κ3) is 7.64. The Morgan fingerprint density at radius 2 is 1.69 bits per heavy atom. The summed E-state index contributed by atoms with van der Waals surface area (Å²) in [7, 11) is 1.58. The molecule has 12 heteroatoms. The van der Waals surface area contributed by atoms with Crippen molar-refractivity contribution in [1.29, 1.82) is 0 Å². The second-order valence-corrected chi connectivity index (χ2v) is 11.7. The lowest BCUT2D eigenvalue weighted by Crippen LogP contribution is -2.34. The monoisotopic (exact) mass is 715 g/mol. The summed E-state index contributed by atoms with van der Waals surface area (Å²) in [5.74, 6) is -0.681. The molecule has 0 atom stereocenters. The van der Waals surface area contributed by atoms with Gasteiger partial charge in [0.15, 0.2) is 0 Å². The third-order valence-electron chi connectivity index (χ3n) is 5.43. The summed E-state index contributed by atoms with van der Waals surface area (Å²) in [6, 6.07) is 16.9. The highest BCUT2D eigenvalue weighted by Gasteiger charge is 2.21. The van der Waals surface area contributed by atoms with Crippen molar-refractivity contribution < 1.29 is 18.3 Å². The fourth-order valence-electron chi connectivity index (χ4n) is 3.47. The molecule has 0 spiro atoms. The van der Waals surface area contributed by atoms with Gasteiger partial charge in [-0.3, -0.25) is 0 Å². The number of benzene rings is 3. The summed E-state index contributed by atoms with van der Waals surface area (Å²) in [5, 5.41) is 3.83. The van der Waals surface area contributed by atoms with Gasteiger partial charge in [-0.05, 0) is 79.9 Å². The Kier molecular flexibility index (Phi) is 10.1. The Hall–Kier alpha value is -2.37. The van der Waals surface area contributed by atoms with Gasteiger partial charge in [0.1, 0.15) is 22.4 Å². The average molecular weight is 718 g/mol. The molecule has 4 rings (SSSR count). The minimum atomic E-state index is -0.699. The van der Waals surface area contributed by atoms with Gasteiger partial charge in [0.2, 0.25) is 0 Å². The predicted molar refractivity (Wildman–Crippen MR) is 158 cm³/mol. The number of nitrogens with zero attached hydrogens (tertiary/aromatic N) is 2. The van der Waals surface area contributed by atoms with E-state index in [2.05, 4.69) is 42.2 Å². The van der Waals surface area contributed by atoms with Crippen LogP contribution in [0, 0.1) is 11.6 Å². The van der Waals surface area contributed by atoms with Crippen molar-refractivity contribution in [2.75, 3.05) is 12.4 Å². The zero-order valence-corrected chi connectivity index (χ0v) is 25.7. The molecule has 39 heavy (non-hydrogen) atoms. The van der Waals surface area contributed by atoms with Crippen LogP contribution < -0.4 is 10.1 Å². The van der Waals surface area contributed by atoms with Gasteiger partial charge >= 0.3 is 6.03 Å². The van der Waals surface area contributed by atoms with E-state index in [1.807, 2.05) is 12.1 Å². The molecule has 1 heterocycles. The Balaban J connectivity index is 1.65. The van der Waals surface area contributed by atoms with E-state index in [4.69, 9.17) is 27.9 Å². The van der Waals surface area contributed by atoms with E-state index in [9.17, 15) is 13.6 Å². The molecule has 0 saturated heterocycles. The zero-order valence-electron chi connectivity index (χ0n) is 20.2. The van der Waals surface area contributed by atoms with Crippen LogP contribution in [0.4, 0.5) is 19.3 Å². The molecule has 3 aromatic carbocycles. The predicted octanol–water partition coefficient (Wildman–Crippen LogP) is 9.59. The van der Waals surface area contributed by atoms with Crippen molar-refractivity contribution >= 4 is 78.5 Å². The molecular formula is C27H19Br2Cl2F2N3O2S. The number of hydrogen-bond donors (Lipinski definition) is 1. The van der Waals surface area contributed by atoms with Crippen molar-refractivity contribution in [1.82, 2.24) is 9.88 Å². The Morgan fingerprint density at radius 3 is 2.33 bits per heavy atom. The maximum atomic E-state index is 14.3. The van der Waals surface area contributed by atoms with Gasteiger partial charge in [-0.2, -0.15) is 0 Å². The van der Waals surface area contributed by atoms with E-state index in [1.54, 1.807) is 43.5 Å². The summed E-state index contributed by atoms with van der Waals surface area (Å²) in [6.07, 6.45) is 0. The molecule has 0 aliphatic rings. The van der Waals surface area contributed by atoms with Crippen molar-refractivity contribution in [3.8, 4) is 5.75 Å². The SMILES string of the molecule is COc1ccc(CN(Cc2nc(Sc3ccc(F)cc3F)c(Br)cc2Br)C(=O)Nc2c(Cl)cccc2Cl)cc1. The smallest absolute Gasteiger partial charge is 0.322 e. The summed E-state index contributed by atoms with van der Waals surface area (Å²) in [6.45, 7) is 0.296. The molecule has 4 aromatic rings. The number of para-hydroxylation sites is 1. The van der Waals surface area contributed by atoms with Crippen molar-refractivity contribution in [3.05, 3.63) is 109 Å². The number of pyridine rings is 1. The fourth-order valence-corrected chi connectivity index (χ4v) is 6.08. The fraction of sp³-hybridized carbons (Fsp3) is 0.111. The summed E-state index contributed by atoms with van der Waals surface area (Å²) < 4.78 is 34.2. The van der Waals surface area contributed by atoms with Crippen LogP contribution >= 0.6 is 66.8 Å². The van der Waals surface area contributed by atoms with Gasteiger partial charge in [0.25, 0.3) is 0 Å². The van der Waals surface area contributed by atoms with Gasteiger partial charge < -0.3 is 15.0 Å². The molecule has 0 radical (unpaired) electrons. The van der Waals surface area contributed by atoms with Crippen molar-refractivity contribution in [2.24, 2.45) is 0 Å². The lowest BCUT2D eigenvalue weighted by Gasteiger charge is -2.24. The molecule has 0 bridgehead atoms. The molecule has 0 aliphatic heterocycles. The molecule has 1 aromatic heterocycles. The van der Waals surface area contributed by atoms with E-state index < -0.39 is 17.7 Å². The number of carbonyl (C=O) groups is 1. The highest BCUT2D eigenvalue weighted by atomic mass is 79.9. The average Bonchev–Trinajstić information content (AvgIpc) is 2.90. The zero-order chi connectivity index (χ0) is 28.1. The number of amides is 2. The Bertz CT molecular complexity index is 1490. The quantitative estimate of drug-likeness (QED) is 0.197. The second-order valence-electron chi connectivity index (χ2n) is 8.11. The van der Waals surface area contributed by atoms with Gasteiger partial charge in [0, 0.05) is 22.0 Å². The van der Waals surface area contributed by atoms with Crippen LogP contribution in [0.1, 0.15) is 11.3 Å². The molecule has 0 aliphatic carbocycles. The molecule has 2 amide bonds. The molecule has 1 N–H and O–H groups in total. The lowest BCUT2D eigenvalue weighted by atomic mass is 10.2. The first kappa shape index (κ1) is 29.6. The standard InChI is InChI=1S/C27H19Br2Cl2F2N3O2S/c1-38-17-8-5-15(6-9-17)13-36(27(37)35-25-20(30)3-2-4-21(25)31)14-23-18(28)12-19(29)26(34-23)39-24-10-7-16(32)11-22(24)33/h2-12H,13-14H2,1H3,(H,35,37). The van der Waals surface area contributed by atoms with E-state index in [1.165, 1.54) is 17.0 Å². The first-order valence-electron chi connectivity index (χ1n) is 11.2. The molecule has 5 nitrogen and oxygen atoms in total. The van der Waals surface area contributed by atoms with Crippen LogP contribution in [0.15, 0.2) is 85.6 Å². The number of carbonyl (C=O) groups excluding carboxylic acids is 1. The van der Waals surface area contributed by atoms with Crippen LogP contribution in [0.3, 0.4) is 0 Å². The normalized spacial score (nSPS) is 10.8. The molecular weight excluding hydrogens is 699 g/mol. The van der Waals surface area contributed by atoms with Crippen LogP contribution in [-0.2, 0) is 13.1 Å². The molecule has 0 unspecified atom stereocenters. The minimum Gasteiger partial charge on any atom is -0.497 e. The number of nitrogens with one attached hydrogen (secondary N) is 1. The van der Waals surface area contributed by atoms with E-state index in [0.717, 1.165) is 23.4 Å². The molecule has 0 saturated carbocycles. The maximum Gasteiger partial charge on any atom is 0.322 e. The van der Waals surface area contributed by atoms with Crippen molar-refractivity contribution in [2.45, 2.75) is 23.0 Å². The van der Waals surface area contributed by atoms with Gasteiger partial charge in [-0.25, -0.2) is 18.6 Å². The number of halogens is 6. The minimum absolute atomic E-state index is 0.0766. The molecule has 202 valence electrons. The largest absolute Gasteiger partial charge is 0.497 e. The van der Waals surface area contributed by atoms with E-state index in [-0.39, 0.29) is 23.7 Å². The molecule has 0 fully saturated rings. The summed E-state index contributed by atoms with van der Waals surface area (Å²) >= 11 is 20.6. The topological polar surface area (TPSA) is 54.5 Å². The number of ether oxygens (including phenoxy) is 1. The van der Waals surface area contributed by atoms with E-state index >= 15 is 0 Å². The third-order valence-corrected chi connectivity index (χ3v) is 8.66. The van der Waals surface area contributed by atoms with Crippen molar-refractivity contribution in [3.63, 3.8) is 0 Å². The first-order valence-corrected chi connectivity index (χ1v) is 14.4. The van der Waals surface area contributed by atoms with Crippen LogP contribution in [0.5, 0.6) is 5.75 Å². The van der Waals surface area contributed by atoms with Gasteiger partial charge in [0.05, 0.1) is 39.6 Å². The Morgan fingerprint density at radius 1 is 1.00 bits per heavy atom. The number of anilines is 1. The van der Waals surface area contributed by atoms with Crippen LogP contribution in [-0.4, -0.2) is 23.0 Å². The summed E-state index contributed by atoms with van der Waals surface area (Å²) in [5.41, 5.74) is 1.64. The first-order chi connectivity index (χ1) is 18.6. The number of hydrogen-bond acceptors (Lipinski definition) is 4. The number of methoxy groups -OCH3 is 1. The highest BCUT2D eigenvalue weighted by molar-refractivity contribution is 9.11. The van der Waals surface area contributed by atoms with E-state index in [0.29, 0.717) is 35.5 Å². The summed E-state index contributed by atoms with van der Waals surface area (Å²) in [4.78, 5) is 19.9.